The Morgan fingerprint density at radius 2 is 1.75 bits per heavy atom. The van der Waals surface area contributed by atoms with E-state index in [1.54, 1.807) is 15.9 Å². The second-order valence-electron chi connectivity index (χ2n) is 6.79. The number of halogens is 1. The van der Waals surface area contributed by atoms with Crippen LogP contribution >= 0.6 is 0 Å². The maximum atomic E-state index is 13.4. The van der Waals surface area contributed by atoms with Crippen molar-refractivity contribution in [2.45, 2.75) is 19.8 Å². The molecule has 0 atom stereocenters. The minimum absolute atomic E-state index is 0.0190. The van der Waals surface area contributed by atoms with Crippen LogP contribution in [0.25, 0.3) is 0 Å². The lowest BCUT2D eigenvalue weighted by Gasteiger charge is -2.22. The first-order valence-corrected chi connectivity index (χ1v) is 9.62. The van der Waals surface area contributed by atoms with Gasteiger partial charge in [0.25, 0.3) is 11.8 Å². The van der Waals surface area contributed by atoms with Crippen LogP contribution < -0.4 is 4.74 Å². The quantitative estimate of drug-likeness (QED) is 0.796. The maximum Gasteiger partial charge on any atom is 0.260 e. The van der Waals surface area contributed by atoms with Crippen LogP contribution in [0.15, 0.2) is 48.5 Å². The number of hydrogen-bond acceptors (Lipinski definition) is 3. The minimum atomic E-state index is -0.429. The number of para-hydroxylation sites is 1. The van der Waals surface area contributed by atoms with Gasteiger partial charge in [0.15, 0.2) is 6.61 Å². The number of carbonyl (C=O) groups excluding carboxylic acids is 2. The Morgan fingerprint density at radius 1 is 1.00 bits per heavy atom. The van der Waals surface area contributed by atoms with Gasteiger partial charge in [-0.2, -0.15) is 0 Å². The molecule has 0 unspecified atom stereocenters. The number of benzene rings is 2. The van der Waals surface area contributed by atoms with Crippen molar-refractivity contribution in [1.29, 1.82) is 0 Å². The Kier molecular flexibility index (Phi) is 6.63. The molecular weight excluding hydrogens is 359 g/mol. The Bertz CT molecular complexity index is 840. The SMILES string of the molecule is CCc1ccccc1OCC(=O)N1CCCN(C(=O)c2cccc(F)c2)CC1. The summed E-state index contributed by atoms with van der Waals surface area (Å²) in [4.78, 5) is 28.6. The minimum Gasteiger partial charge on any atom is -0.483 e. The van der Waals surface area contributed by atoms with Crippen molar-refractivity contribution in [3.05, 3.63) is 65.5 Å². The Balaban J connectivity index is 1.55. The van der Waals surface area contributed by atoms with E-state index in [4.69, 9.17) is 4.74 Å². The Morgan fingerprint density at radius 3 is 2.54 bits per heavy atom. The second kappa shape index (κ2) is 9.35. The summed E-state index contributed by atoms with van der Waals surface area (Å²) in [6.45, 7) is 4.01. The van der Waals surface area contributed by atoms with Gasteiger partial charge in [-0.3, -0.25) is 9.59 Å². The maximum absolute atomic E-state index is 13.4. The van der Waals surface area contributed by atoms with Gasteiger partial charge < -0.3 is 14.5 Å². The molecule has 1 saturated heterocycles. The predicted octanol–water partition coefficient (Wildman–Crippen LogP) is 3.14. The molecule has 3 rings (SSSR count). The summed E-state index contributed by atoms with van der Waals surface area (Å²) < 4.78 is 19.1. The van der Waals surface area contributed by atoms with E-state index in [2.05, 4.69) is 0 Å². The van der Waals surface area contributed by atoms with Crippen LogP contribution in [0.4, 0.5) is 4.39 Å². The average Bonchev–Trinajstić information content (AvgIpc) is 2.98. The van der Waals surface area contributed by atoms with Crippen LogP contribution in [0.3, 0.4) is 0 Å². The molecule has 0 saturated carbocycles. The summed E-state index contributed by atoms with van der Waals surface area (Å²) in [5, 5.41) is 0. The molecule has 1 aliphatic heterocycles. The van der Waals surface area contributed by atoms with Crippen molar-refractivity contribution in [2.24, 2.45) is 0 Å². The van der Waals surface area contributed by atoms with Crippen molar-refractivity contribution in [3.8, 4) is 5.75 Å². The molecule has 1 fully saturated rings. The highest BCUT2D eigenvalue weighted by atomic mass is 19.1. The van der Waals surface area contributed by atoms with E-state index in [9.17, 15) is 14.0 Å². The molecule has 5 nitrogen and oxygen atoms in total. The van der Waals surface area contributed by atoms with Crippen LogP contribution in [-0.4, -0.2) is 54.4 Å². The lowest BCUT2D eigenvalue weighted by Crippen LogP contribution is -2.39. The molecule has 0 bridgehead atoms. The highest BCUT2D eigenvalue weighted by Gasteiger charge is 2.23. The zero-order valence-electron chi connectivity index (χ0n) is 16.1. The monoisotopic (exact) mass is 384 g/mol. The fourth-order valence-corrected chi connectivity index (χ4v) is 3.34. The van der Waals surface area contributed by atoms with Crippen LogP contribution in [0.1, 0.15) is 29.3 Å². The molecule has 1 heterocycles. The van der Waals surface area contributed by atoms with Crippen LogP contribution in [0, 0.1) is 5.82 Å². The van der Waals surface area contributed by atoms with E-state index in [1.807, 2.05) is 31.2 Å². The van der Waals surface area contributed by atoms with Crippen molar-refractivity contribution < 1.29 is 18.7 Å². The molecule has 2 aromatic carbocycles. The van der Waals surface area contributed by atoms with Crippen LogP contribution in [0.2, 0.25) is 0 Å². The van der Waals surface area contributed by atoms with Gasteiger partial charge in [-0.1, -0.05) is 31.2 Å². The second-order valence-corrected chi connectivity index (χ2v) is 6.79. The molecule has 0 radical (unpaired) electrons. The predicted molar refractivity (Wildman–Crippen MR) is 105 cm³/mol. The first kappa shape index (κ1) is 19.9. The summed E-state index contributed by atoms with van der Waals surface area (Å²) >= 11 is 0. The number of hydrogen-bond donors (Lipinski definition) is 0. The topological polar surface area (TPSA) is 49.9 Å². The number of amides is 2. The van der Waals surface area contributed by atoms with Crippen LogP contribution in [-0.2, 0) is 11.2 Å². The summed E-state index contributed by atoms with van der Waals surface area (Å²) in [6, 6.07) is 13.4. The molecule has 6 heteroatoms. The summed E-state index contributed by atoms with van der Waals surface area (Å²) in [6.07, 6.45) is 1.52. The summed E-state index contributed by atoms with van der Waals surface area (Å²) in [7, 11) is 0. The van der Waals surface area contributed by atoms with Gasteiger partial charge >= 0.3 is 0 Å². The Hall–Kier alpha value is -2.89. The van der Waals surface area contributed by atoms with E-state index in [-0.39, 0.29) is 18.4 Å². The highest BCUT2D eigenvalue weighted by molar-refractivity contribution is 5.94. The van der Waals surface area contributed by atoms with Crippen molar-refractivity contribution >= 4 is 11.8 Å². The molecule has 0 aromatic heterocycles. The molecule has 2 amide bonds. The summed E-state index contributed by atoms with van der Waals surface area (Å²) in [5.74, 6) is 0.00551. The largest absolute Gasteiger partial charge is 0.483 e. The zero-order valence-corrected chi connectivity index (χ0v) is 16.1. The summed E-state index contributed by atoms with van der Waals surface area (Å²) in [5.41, 5.74) is 1.40. The fraction of sp³-hybridized carbons (Fsp3) is 0.364. The van der Waals surface area contributed by atoms with E-state index in [0.717, 1.165) is 17.7 Å². The molecule has 0 N–H and O–H groups in total. The van der Waals surface area contributed by atoms with E-state index < -0.39 is 5.82 Å². The van der Waals surface area contributed by atoms with Gasteiger partial charge in [0.2, 0.25) is 0 Å². The van der Waals surface area contributed by atoms with Gasteiger partial charge in [-0.15, -0.1) is 0 Å². The molecule has 148 valence electrons. The van der Waals surface area contributed by atoms with Crippen molar-refractivity contribution in [1.82, 2.24) is 9.80 Å². The highest BCUT2D eigenvalue weighted by Crippen LogP contribution is 2.18. The third-order valence-corrected chi connectivity index (χ3v) is 4.91. The van der Waals surface area contributed by atoms with Crippen LogP contribution in [0.5, 0.6) is 5.75 Å². The molecule has 1 aliphatic rings. The van der Waals surface area contributed by atoms with Crippen molar-refractivity contribution in [3.63, 3.8) is 0 Å². The molecule has 2 aromatic rings. The third kappa shape index (κ3) is 4.88. The molecule has 0 aliphatic carbocycles. The normalized spacial score (nSPS) is 14.5. The lowest BCUT2D eigenvalue weighted by atomic mass is 10.1. The number of nitrogens with zero attached hydrogens (tertiary/aromatic N) is 2. The molecular formula is C22H25FN2O3. The first-order chi connectivity index (χ1) is 13.6. The number of carbonyl (C=O) groups is 2. The third-order valence-electron chi connectivity index (χ3n) is 4.91. The number of rotatable bonds is 5. The first-order valence-electron chi connectivity index (χ1n) is 9.62. The van der Waals surface area contributed by atoms with Gasteiger partial charge in [-0.05, 0) is 42.7 Å². The Labute approximate surface area is 164 Å². The van der Waals surface area contributed by atoms with E-state index in [1.165, 1.54) is 18.2 Å². The van der Waals surface area contributed by atoms with Gasteiger partial charge in [-0.25, -0.2) is 4.39 Å². The standard InChI is InChI=1S/C22H25FN2O3/c1-2-17-7-3-4-10-20(17)28-16-21(26)24-11-6-12-25(14-13-24)22(27)18-8-5-9-19(23)15-18/h3-5,7-10,15H,2,6,11-14,16H2,1H3. The molecule has 0 spiro atoms. The number of ether oxygens (including phenoxy) is 1. The average molecular weight is 384 g/mol. The van der Waals surface area contributed by atoms with E-state index in [0.29, 0.717) is 38.2 Å². The fourth-order valence-electron chi connectivity index (χ4n) is 3.34. The number of aryl methyl sites for hydroxylation is 1. The van der Waals surface area contributed by atoms with Gasteiger partial charge in [0.05, 0.1) is 0 Å². The smallest absolute Gasteiger partial charge is 0.260 e. The van der Waals surface area contributed by atoms with Gasteiger partial charge in [0.1, 0.15) is 11.6 Å². The van der Waals surface area contributed by atoms with E-state index >= 15 is 0 Å². The van der Waals surface area contributed by atoms with Gasteiger partial charge in [0, 0.05) is 31.7 Å². The lowest BCUT2D eigenvalue weighted by molar-refractivity contribution is -0.133. The molecule has 28 heavy (non-hydrogen) atoms. The van der Waals surface area contributed by atoms with Crippen molar-refractivity contribution in [2.75, 3.05) is 32.8 Å². The zero-order chi connectivity index (χ0) is 19.9.